The van der Waals surface area contributed by atoms with Crippen molar-refractivity contribution < 1.29 is 8.83 Å². The molecular weight excluding hydrogens is 1390 g/mol. The largest absolute Gasteiger partial charge is 0.454 e. The second-order valence-corrected chi connectivity index (χ2v) is 33.3. The van der Waals surface area contributed by atoms with E-state index in [2.05, 4.69) is 299 Å². The summed E-state index contributed by atoms with van der Waals surface area (Å²) >= 11 is 0. The van der Waals surface area contributed by atoms with Crippen molar-refractivity contribution in [2.24, 2.45) is 0 Å². The molecule has 0 amide bonds. The summed E-state index contributed by atoms with van der Waals surface area (Å²) in [5, 5.41) is 8.82. The fraction of sp³-hybridized carbons (Fsp3) is 0.222. The van der Waals surface area contributed by atoms with Gasteiger partial charge in [-0.2, -0.15) is 0 Å². The Morgan fingerprint density at radius 3 is 0.816 bits per heavy atom. The standard InChI is InChI=1S/C108H94N4O2/c1-7-19-71(20-8-1)75-31-39-79(40-32-75)85-59-86(80-41-33-76(34-42-80)72-21-9-2-10-22-72)62-93(61-85)111(91-47-51-95-97-55-57-109-69-105(97)113-103(95)67-91)89-49-53-99-101(65-89)107(83-27-15-5-16-28-83)100-54-50-90(66-102(100)108(99)84-29-17-6-18-30-84)112(92-48-52-96-98-56-58-110-70-106(98)114-104(96)68-92)94-63-87(81-43-35-77(36-44-81)73-23-11-3-12-24-73)60-88(64-94)82-45-37-78(38-46-82)74-25-13-4-14-26-74/h5-6,15-18,27-74H,1-4,7-14,19-26H2. The van der Waals surface area contributed by atoms with Gasteiger partial charge in [-0.25, -0.2) is 0 Å². The number of aromatic nitrogens is 2. The summed E-state index contributed by atoms with van der Waals surface area (Å²) in [5.74, 6) is 2.45. The Morgan fingerprint density at radius 1 is 0.211 bits per heavy atom. The van der Waals surface area contributed by atoms with Crippen LogP contribution >= 0.6 is 0 Å². The Kier molecular flexibility index (Phi) is 18.6. The topological polar surface area (TPSA) is 58.5 Å². The predicted molar refractivity (Wildman–Crippen MR) is 477 cm³/mol. The van der Waals surface area contributed by atoms with Crippen molar-refractivity contribution in [3.8, 4) is 66.8 Å². The Labute approximate surface area is 668 Å². The van der Waals surface area contributed by atoms with E-state index in [1.807, 2.05) is 24.8 Å². The number of fused-ring (bicyclic) bond motifs is 8. The quantitative estimate of drug-likeness (QED) is 0.0899. The van der Waals surface area contributed by atoms with Crippen LogP contribution in [0.15, 0.2) is 313 Å². The minimum Gasteiger partial charge on any atom is -0.454 e. The molecule has 4 saturated carbocycles. The number of hydrogen-bond donors (Lipinski definition) is 0. The second-order valence-electron chi connectivity index (χ2n) is 33.3. The van der Waals surface area contributed by atoms with Gasteiger partial charge in [-0.05, 0) is 283 Å². The predicted octanol–water partition coefficient (Wildman–Crippen LogP) is 31.7. The Morgan fingerprint density at radius 2 is 0.500 bits per heavy atom. The molecule has 6 nitrogen and oxygen atoms in total. The molecule has 0 spiro atoms. The number of anilines is 6. The molecule has 4 aliphatic rings. The molecule has 13 aromatic carbocycles. The normalized spacial score (nSPS) is 15.6. The van der Waals surface area contributed by atoms with Crippen molar-refractivity contribution in [3.05, 3.63) is 326 Å². The lowest BCUT2D eigenvalue weighted by Gasteiger charge is -2.29. The summed E-state index contributed by atoms with van der Waals surface area (Å²) < 4.78 is 13.6. The summed E-state index contributed by atoms with van der Waals surface area (Å²) in [6, 6.07) is 108. The number of furan rings is 2. The molecule has 4 fully saturated rings. The molecular formula is C108H94N4O2. The molecule has 17 aromatic rings. The highest BCUT2D eigenvalue weighted by Crippen LogP contribution is 2.52. The van der Waals surface area contributed by atoms with Gasteiger partial charge in [0, 0.05) is 80.2 Å². The molecule has 4 aliphatic carbocycles. The number of pyridine rings is 2. The van der Waals surface area contributed by atoms with Gasteiger partial charge < -0.3 is 18.6 Å². The van der Waals surface area contributed by atoms with Crippen molar-refractivity contribution in [3.63, 3.8) is 0 Å². The van der Waals surface area contributed by atoms with Crippen LogP contribution in [0.4, 0.5) is 34.1 Å². The molecule has 0 unspecified atom stereocenters. The third-order valence-electron chi connectivity index (χ3n) is 26.4. The zero-order valence-corrected chi connectivity index (χ0v) is 64.9. The molecule has 4 heterocycles. The number of hydrogen-bond acceptors (Lipinski definition) is 6. The van der Waals surface area contributed by atoms with Crippen LogP contribution in [0.3, 0.4) is 0 Å². The van der Waals surface area contributed by atoms with Gasteiger partial charge in [-0.3, -0.25) is 9.97 Å². The van der Waals surface area contributed by atoms with Crippen molar-refractivity contribution in [2.75, 3.05) is 9.80 Å². The first-order chi connectivity index (χ1) is 56.5. The van der Waals surface area contributed by atoms with Crippen molar-refractivity contribution in [1.82, 2.24) is 9.97 Å². The van der Waals surface area contributed by atoms with Gasteiger partial charge in [0.25, 0.3) is 0 Å². The van der Waals surface area contributed by atoms with Gasteiger partial charge in [0.2, 0.25) is 0 Å². The number of benzene rings is 13. The van der Waals surface area contributed by atoms with Gasteiger partial charge in [0.05, 0.1) is 12.4 Å². The smallest absolute Gasteiger partial charge is 0.153 e. The van der Waals surface area contributed by atoms with Gasteiger partial charge >= 0.3 is 0 Å². The van der Waals surface area contributed by atoms with E-state index in [0.29, 0.717) is 23.7 Å². The Bertz CT molecular complexity index is 5820. The molecule has 558 valence electrons. The molecule has 0 radical (unpaired) electrons. The van der Waals surface area contributed by atoms with Crippen LogP contribution in [-0.2, 0) is 0 Å². The number of rotatable bonds is 16. The average molecular weight is 1480 g/mol. The van der Waals surface area contributed by atoms with Crippen LogP contribution in [0.1, 0.15) is 174 Å². The Hall–Kier alpha value is -12.1. The first-order valence-corrected chi connectivity index (χ1v) is 42.5. The summed E-state index contributed by atoms with van der Waals surface area (Å²) in [7, 11) is 0. The molecule has 0 atom stereocenters. The van der Waals surface area contributed by atoms with E-state index < -0.39 is 0 Å². The van der Waals surface area contributed by atoms with E-state index in [1.54, 1.807) is 0 Å². The van der Waals surface area contributed by atoms with E-state index in [4.69, 9.17) is 8.83 Å². The third kappa shape index (κ3) is 13.4. The summed E-state index contributed by atoms with van der Waals surface area (Å²) in [6.45, 7) is 0. The molecule has 0 bridgehead atoms. The van der Waals surface area contributed by atoms with Crippen molar-refractivity contribution >= 4 is 99.5 Å². The molecule has 0 aliphatic heterocycles. The summed E-state index contributed by atoms with van der Waals surface area (Å²) in [6.07, 6.45) is 33.3. The van der Waals surface area contributed by atoms with E-state index >= 15 is 0 Å². The van der Waals surface area contributed by atoms with Crippen LogP contribution in [-0.4, -0.2) is 9.97 Å². The van der Waals surface area contributed by atoms with Gasteiger partial charge in [0.1, 0.15) is 11.2 Å². The highest BCUT2D eigenvalue weighted by Gasteiger charge is 2.28. The van der Waals surface area contributed by atoms with Crippen LogP contribution in [0.25, 0.3) is 132 Å². The molecule has 6 heteroatoms. The molecule has 0 N–H and O–H groups in total. The van der Waals surface area contributed by atoms with E-state index in [1.165, 1.54) is 206 Å². The number of nitrogens with zero attached hydrogens (tertiary/aromatic N) is 4. The van der Waals surface area contributed by atoms with E-state index in [-0.39, 0.29) is 0 Å². The maximum absolute atomic E-state index is 6.80. The fourth-order valence-electron chi connectivity index (χ4n) is 20.4. The van der Waals surface area contributed by atoms with Crippen molar-refractivity contribution in [1.29, 1.82) is 0 Å². The van der Waals surface area contributed by atoms with Gasteiger partial charge in [-0.1, -0.05) is 247 Å². The fourth-order valence-corrected chi connectivity index (χ4v) is 20.4. The minimum atomic E-state index is 0.611. The lowest BCUT2D eigenvalue weighted by atomic mass is 9.83. The van der Waals surface area contributed by atoms with E-state index in [0.717, 1.165) is 111 Å². The highest BCUT2D eigenvalue weighted by atomic mass is 16.3. The molecule has 4 aromatic heterocycles. The van der Waals surface area contributed by atoms with Crippen LogP contribution in [0.2, 0.25) is 0 Å². The van der Waals surface area contributed by atoms with Crippen molar-refractivity contribution in [2.45, 2.75) is 152 Å². The second kappa shape index (κ2) is 30.4. The summed E-state index contributed by atoms with van der Waals surface area (Å²) in [5.41, 5.74) is 29.3. The van der Waals surface area contributed by atoms with Gasteiger partial charge in [-0.15, -0.1) is 0 Å². The SMILES string of the molecule is c1ccc(-c2c3ccc(N(c4cc(-c5ccc(C6CCCCC6)cc5)cc(-c5ccc(C6CCCCC6)cc5)c4)c4ccc5c(c4)oc4cnccc45)cc3c(-c3ccccc3)c3ccc(N(c4cc(-c5ccc(C6CCCCC6)cc5)cc(-c5ccc(C6CCCCC6)cc5)c4)c4ccc5c(c4)oc4cnccc45)cc23)cc1. The lowest BCUT2D eigenvalue weighted by molar-refractivity contribution is 0.443. The van der Waals surface area contributed by atoms with E-state index in [9.17, 15) is 0 Å². The average Bonchev–Trinajstić information content (AvgIpc) is 0.801. The molecule has 21 rings (SSSR count). The van der Waals surface area contributed by atoms with Crippen LogP contribution < -0.4 is 9.80 Å². The first-order valence-electron chi connectivity index (χ1n) is 42.5. The molecule has 0 saturated heterocycles. The first kappa shape index (κ1) is 69.8. The molecule has 114 heavy (non-hydrogen) atoms. The zero-order chi connectivity index (χ0) is 75.4. The Balaban J connectivity index is 0.781. The maximum Gasteiger partial charge on any atom is 0.153 e. The maximum atomic E-state index is 6.80. The highest BCUT2D eigenvalue weighted by molar-refractivity contribution is 6.23. The zero-order valence-electron chi connectivity index (χ0n) is 64.9. The summed E-state index contributed by atoms with van der Waals surface area (Å²) in [4.78, 5) is 14.0. The van der Waals surface area contributed by atoms with Crippen LogP contribution in [0, 0.1) is 0 Å². The minimum absolute atomic E-state index is 0.611. The van der Waals surface area contributed by atoms with Crippen LogP contribution in [0.5, 0.6) is 0 Å². The lowest BCUT2D eigenvalue weighted by Crippen LogP contribution is -2.11. The third-order valence-corrected chi connectivity index (χ3v) is 26.4. The van der Waals surface area contributed by atoms with Gasteiger partial charge in [0.15, 0.2) is 11.2 Å². The monoisotopic (exact) mass is 1480 g/mol.